The van der Waals surface area contributed by atoms with Crippen LogP contribution in [0.3, 0.4) is 0 Å². The molecule has 3 rings (SSSR count). The van der Waals surface area contributed by atoms with Crippen LogP contribution in [0.25, 0.3) is 5.57 Å². The van der Waals surface area contributed by atoms with E-state index in [-0.39, 0.29) is 11.2 Å². The Morgan fingerprint density at radius 2 is 2.16 bits per heavy atom. The van der Waals surface area contributed by atoms with Gasteiger partial charge in [0.1, 0.15) is 0 Å². The van der Waals surface area contributed by atoms with Crippen molar-refractivity contribution in [1.82, 2.24) is 4.98 Å². The number of hydrogen-bond donors (Lipinski definition) is 0. The maximum absolute atomic E-state index is 6.31. The summed E-state index contributed by atoms with van der Waals surface area (Å²) in [6, 6.07) is 8.02. The number of hydrogen-bond acceptors (Lipinski definition) is 3. The van der Waals surface area contributed by atoms with Crippen LogP contribution in [0.15, 0.2) is 53.2 Å². The minimum atomic E-state index is 0.271. The first-order chi connectivity index (χ1) is 9.27. The molecule has 1 aliphatic rings. The van der Waals surface area contributed by atoms with Gasteiger partial charge in [0.15, 0.2) is 0 Å². The summed E-state index contributed by atoms with van der Waals surface area (Å²) >= 11 is 9.70. The molecule has 0 radical (unpaired) electrons. The number of rotatable bonds is 3. The Hall–Kier alpha value is -1.03. The van der Waals surface area contributed by atoms with Gasteiger partial charge in [-0.2, -0.15) is 0 Å². The van der Waals surface area contributed by atoms with E-state index in [1.807, 2.05) is 29.1 Å². The maximum Gasteiger partial charge on any atom is 0.0798 e. The highest BCUT2D eigenvalue weighted by atomic mass is 35.5. The summed E-state index contributed by atoms with van der Waals surface area (Å²) in [7, 11) is 0. The smallest absolute Gasteiger partial charge is 0.0798 e. The minimum Gasteiger partial charge on any atom is -0.245 e. The molecule has 0 fully saturated rings. The molecular weight excluding hydrogens is 294 g/mol. The topological polar surface area (TPSA) is 12.9 Å². The molecule has 1 aromatic heterocycles. The van der Waals surface area contributed by atoms with Gasteiger partial charge in [-0.15, -0.1) is 23.1 Å². The highest BCUT2D eigenvalue weighted by Crippen LogP contribution is 2.45. The predicted molar refractivity (Wildman–Crippen MR) is 85.9 cm³/mol. The van der Waals surface area contributed by atoms with E-state index in [1.54, 1.807) is 23.1 Å². The van der Waals surface area contributed by atoms with Gasteiger partial charge >= 0.3 is 0 Å². The zero-order chi connectivity index (χ0) is 13.2. The SMILES string of the molecule is C=C(c1cscn1)C1SC=CC1c1ccccc1Cl. The van der Waals surface area contributed by atoms with Crippen LogP contribution in [-0.2, 0) is 0 Å². The van der Waals surface area contributed by atoms with Crippen LogP contribution in [-0.4, -0.2) is 10.2 Å². The minimum absolute atomic E-state index is 0.271. The summed E-state index contributed by atoms with van der Waals surface area (Å²) in [4.78, 5) is 4.36. The van der Waals surface area contributed by atoms with Crippen molar-refractivity contribution in [2.75, 3.05) is 0 Å². The predicted octanol–water partition coefficient (Wildman–Crippen LogP) is 5.22. The van der Waals surface area contributed by atoms with Gasteiger partial charge in [0.05, 0.1) is 11.2 Å². The second-order valence-corrected chi connectivity index (χ2v) is 6.51. The van der Waals surface area contributed by atoms with E-state index in [0.717, 1.165) is 21.9 Å². The molecule has 0 spiro atoms. The number of aromatic nitrogens is 1. The van der Waals surface area contributed by atoms with E-state index in [9.17, 15) is 0 Å². The Balaban J connectivity index is 1.92. The molecule has 2 aromatic rings. The van der Waals surface area contributed by atoms with Crippen molar-refractivity contribution in [3.63, 3.8) is 0 Å². The molecule has 0 aliphatic carbocycles. The molecule has 0 saturated carbocycles. The lowest BCUT2D eigenvalue weighted by atomic mass is 9.91. The van der Waals surface area contributed by atoms with Gasteiger partial charge in [0.25, 0.3) is 0 Å². The fourth-order valence-electron chi connectivity index (χ4n) is 2.23. The first kappa shape index (κ1) is 13.0. The zero-order valence-electron chi connectivity index (χ0n) is 10.1. The lowest BCUT2D eigenvalue weighted by molar-refractivity contribution is 0.907. The molecule has 96 valence electrons. The first-order valence-electron chi connectivity index (χ1n) is 5.91. The molecule has 1 nitrogen and oxygen atoms in total. The van der Waals surface area contributed by atoms with Gasteiger partial charge in [-0.25, -0.2) is 4.98 Å². The Kier molecular flexibility index (Phi) is 3.78. The first-order valence-corrected chi connectivity index (χ1v) is 8.17. The van der Waals surface area contributed by atoms with Crippen LogP contribution in [0.5, 0.6) is 0 Å². The fraction of sp³-hybridized carbons (Fsp3) is 0.133. The lowest BCUT2D eigenvalue weighted by Gasteiger charge is -2.21. The van der Waals surface area contributed by atoms with E-state index >= 15 is 0 Å². The van der Waals surface area contributed by atoms with Crippen molar-refractivity contribution in [1.29, 1.82) is 0 Å². The molecule has 19 heavy (non-hydrogen) atoms. The second kappa shape index (κ2) is 5.53. The Morgan fingerprint density at radius 1 is 1.32 bits per heavy atom. The van der Waals surface area contributed by atoms with E-state index in [2.05, 4.69) is 29.1 Å². The van der Waals surface area contributed by atoms with Crippen molar-refractivity contribution in [3.05, 3.63) is 69.5 Å². The van der Waals surface area contributed by atoms with Crippen LogP contribution in [0, 0.1) is 0 Å². The number of allylic oxidation sites excluding steroid dienone is 1. The van der Waals surface area contributed by atoms with Crippen molar-refractivity contribution >= 4 is 40.3 Å². The van der Waals surface area contributed by atoms with Gasteiger partial charge in [-0.3, -0.25) is 0 Å². The molecular formula is C15H12ClNS2. The standard InChI is InChI=1S/C15H12ClNS2/c1-10(14-8-18-9-17-14)15-12(6-7-19-15)11-4-2-3-5-13(11)16/h2-9,12,15H,1H2. The molecule has 0 saturated heterocycles. The van der Waals surface area contributed by atoms with Gasteiger partial charge in [0, 0.05) is 21.6 Å². The Morgan fingerprint density at radius 3 is 2.89 bits per heavy atom. The van der Waals surface area contributed by atoms with Gasteiger partial charge in [-0.1, -0.05) is 42.5 Å². The molecule has 1 aromatic carbocycles. The van der Waals surface area contributed by atoms with Crippen LogP contribution in [0.1, 0.15) is 17.2 Å². The summed E-state index contributed by atoms with van der Waals surface area (Å²) in [5.41, 5.74) is 5.06. The van der Waals surface area contributed by atoms with Crippen molar-refractivity contribution in [2.45, 2.75) is 11.2 Å². The summed E-state index contributed by atoms with van der Waals surface area (Å²) < 4.78 is 0. The van der Waals surface area contributed by atoms with E-state index in [4.69, 9.17) is 11.6 Å². The molecule has 2 unspecified atom stereocenters. The Labute approximate surface area is 126 Å². The summed E-state index contributed by atoms with van der Waals surface area (Å²) in [5.74, 6) is 0.271. The van der Waals surface area contributed by atoms with Crippen LogP contribution in [0.4, 0.5) is 0 Å². The van der Waals surface area contributed by atoms with Crippen molar-refractivity contribution in [2.24, 2.45) is 0 Å². The molecule has 0 bridgehead atoms. The number of thioether (sulfide) groups is 1. The van der Waals surface area contributed by atoms with Gasteiger partial charge < -0.3 is 0 Å². The number of thiazole rings is 1. The largest absolute Gasteiger partial charge is 0.245 e. The average molecular weight is 306 g/mol. The molecule has 2 atom stereocenters. The summed E-state index contributed by atoms with van der Waals surface area (Å²) in [6.07, 6.45) is 2.20. The number of halogens is 1. The van der Waals surface area contributed by atoms with E-state index < -0.39 is 0 Å². The van der Waals surface area contributed by atoms with Crippen molar-refractivity contribution in [3.8, 4) is 0 Å². The number of benzene rings is 1. The normalized spacial score (nSPS) is 21.7. The maximum atomic E-state index is 6.31. The highest BCUT2D eigenvalue weighted by molar-refractivity contribution is 8.03. The molecule has 0 amide bonds. The van der Waals surface area contributed by atoms with Crippen LogP contribution < -0.4 is 0 Å². The monoisotopic (exact) mass is 305 g/mol. The molecule has 4 heteroatoms. The quantitative estimate of drug-likeness (QED) is 0.771. The van der Waals surface area contributed by atoms with Crippen LogP contribution in [0.2, 0.25) is 5.02 Å². The van der Waals surface area contributed by atoms with Crippen LogP contribution >= 0.6 is 34.7 Å². The zero-order valence-corrected chi connectivity index (χ0v) is 12.5. The second-order valence-electron chi connectivity index (χ2n) is 4.33. The summed E-state index contributed by atoms with van der Waals surface area (Å²) in [6.45, 7) is 4.22. The number of nitrogens with zero attached hydrogens (tertiary/aromatic N) is 1. The lowest BCUT2D eigenvalue weighted by Crippen LogP contribution is -2.12. The van der Waals surface area contributed by atoms with E-state index in [1.165, 1.54) is 0 Å². The van der Waals surface area contributed by atoms with Gasteiger partial charge in [-0.05, 0) is 22.6 Å². The molecule has 0 N–H and O–H groups in total. The van der Waals surface area contributed by atoms with E-state index in [0.29, 0.717) is 0 Å². The van der Waals surface area contributed by atoms with Gasteiger partial charge in [0.2, 0.25) is 0 Å². The molecule has 1 aliphatic heterocycles. The fourth-order valence-corrected chi connectivity index (χ4v) is 4.19. The average Bonchev–Trinajstić information content (AvgIpc) is 3.10. The highest BCUT2D eigenvalue weighted by Gasteiger charge is 2.29. The Bertz CT molecular complexity index is 619. The summed E-state index contributed by atoms with van der Waals surface area (Å²) in [5, 5.41) is 5.28. The third-order valence-corrected chi connectivity index (χ3v) is 5.32. The van der Waals surface area contributed by atoms with Crippen molar-refractivity contribution < 1.29 is 0 Å². The molecule has 2 heterocycles. The third-order valence-electron chi connectivity index (χ3n) is 3.21. The third kappa shape index (κ3) is 2.50.